The molecule has 0 fully saturated rings. The van der Waals surface area contributed by atoms with Crippen molar-refractivity contribution < 1.29 is 9.05 Å². The van der Waals surface area contributed by atoms with Crippen LogP contribution in [0.2, 0.25) is 0 Å². The molecule has 0 spiro atoms. The van der Waals surface area contributed by atoms with Crippen molar-refractivity contribution in [3.05, 3.63) is 0 Å². The Morgan fingerprint density at radius 3 is 1.62 bits per heavy atom. The summed E-state index contributed by atoms with van der Waals surface area (Å²) in [5.41, 5.74) is -2.13. The zero-order valence-corrected chi connectivity index (χ0v) is 9.72. The molecule has 0 aromatic carbocycles. The zero-order chi connectivity index (χ0) is 5.91. The van der Waals surface area contributed by atoms with Gasteiger partial charge in [0.05, 0.1) is 0 Å². The molecule has 0 amide bonds. The maximum absolute atomic E-state index is 4.68. The van der Waals surface area contributed by atoms with Gasteiger partial charge < -0.3 is 9.05 Å². The first-order valence-electron chi connectivity index (χ1n) is 1.56. The molecule has 0 aliphatic carbocycles. The Morgan fingerprint density at radius 1 is 1.38 bits per heavy atom. The maximum atomic E-state index is 4.68. The third-order valence-corrected chi connectivity index (χ3v) is 3.26. The average molecular weight is 181 g/mol. The summed E-state index contributed by atoms with van der Waals surface area (Å²) in [7, 11) is 2.97. The topological polar surface area (TPSA) is 18.5 Å². The average Bonchev–Trinajstić information content (AvgIpc) is 1.68. The SMILES string of the molecule is COP(=S)(S)OC.[Na]. The Labute approximate surface area is 81.9 Å². The third kappa shape index (κ3) is 6.05. The molecule has 0 N–H and O–H groups in total. The molecular formula is C2H7NaO2PS2. The monoisotopic (exact) mass is 181 g/mol. The minimum atomic E-state index is -2.13. The van der Waals surface area contributed by atoms with Gasteiger partial charge in [0, 0.05) is 43.8 Å². The summed E-state index contributed by atoms with van der Waals surface area (Å²) in [4.78, 5) is 0. The minimum absolute atomic E-state index is 0. The molecule has 0 heterocycles. The second kappa shape index (κ2) is 5.69. The van der Waals surface area contributed by atoms with Gasteiger partial charge in [-0.2, -0.15) is 0 Å². The molecule has 0 bridgehead atoms. The molecule has 1 radical (unpaired) electrons. The van der Waals surface area contributed by atoms with Gasteiger partial charge in [0.1, 0.15) is 0 Å². The fraction of sp³-hybridized carbons (Fsp3) is 1.00. The van der Waals surface area contributed by atoms with Gasteiger partial charge in [0.15, 0.2) is 0 Å². The Hall–Kier alpha value is 1.92. The van der Waals surface area contributed by atoms with Gasteiger partial charge in [-0.1, -0.05) is 12.2 Å². The van der Waals surface area contributed by atoms with Crippen molar-refractivity contribution in [1.82, 2.24) is 0 Å². The van der Waals surface area contributed by atoms with Crippen LogP contribution in [-0.4, -0.2) is 43.8 Å². The van der Waals surface area contributed by atoms with E-state index in [1.807, 2.05) is 0 Å². The molecule has 6 heteroatoms. The molecule has 0 rings (SSSR count). The van der Waals surface area contributed by atoms with E-state index in [1.54, 1.807) is 0 Å². The van der Waals surface area contributed by atoms with Crippen LogP contribution in [0.25, 0.3) is 0 Å². The molecule has 0 aromatic heterocycles. The van der Waals surface area contributed by atoms with Crippen molar-refractivity contribution in [2.45, 2.75) is 0 Å². The van der Waals surface area contributed by atoms with Gasteiger partial charge in [-0.15, -0.1) is 0 Å². The van der Waals surface area contributed by atoms with Gasteiger partial charge in [-0.3, -0.25) is 0 Å². The maximum Gasteiger partial charge on any atom is 0.243 e. The van der Waals surface area contributed by atoms with E-state index in [9.17, 15) is 0 Å². The first-order chi connectivity index (χ1) is 3.12. The Morgan fingerprint density at radius 2 is 1.62 bits per heavy atom. The second-order valence-corrected chi connectivity index (χ2v) is 6.33. The van der Waals surface area contributed by atoms with Crippen LogP contribution in [0.15, 0.2) is 0 Å². The smallest absolute Gasteiger partial charge is 0.243 e. The number of thiol groups is 1. The minimum Gasteiger partial charge on any atom is -0.325 e. The van der Waals surface area contributed by atoms with Crippen LogP contribution in [0.3, 0.4) is 0 Å². The van der Waals surface area contributed by atoms with Gasteiger partial charge >= 0.3 is 0 Å². The zero-order valence-electron chi connectivity index (χ0n) is 5.12. The van der Waals surface area contributed by atoms with E-state index in [0.717, 1.165) is 0 Å². The van der Waals surface area contributed by atoms with Crippen molar-refractivity contribution >= 4 is 59.3 Å². The fourth-order valence-electron chi connectivity index (χ4n) is 0.0745. The predicted octanol–water partition coefficient (Wildman–Crippen LogP) is 1.05. The summed E-state index contributed by atoms with van der Waals surface area (Å²) in [6.07, 6.45) is 0. The van der Waals surface area contributed by atoms with E-state index in [1.165, 1.54) is 14.2 Å². The Kier molecular flexibility index (Phi) is 8.94. The normalized spacial score (nSPS) is 10.4. The summed E-state index contributed by atoms with van der Waals surface area (Å²) >= 11 is 8.54. The summed E-state index contributed by atoms with van der Waals surface area (Å²) < 4.78 is 9.31. The van der Waals surface area contributed by atoms with Crippen molar-refractivity contribution in [2.75, 3.05) is 14.2 Å². The summed E-state index contributed by atoms with van der Waals surface area (Å²) in [5, 5.41) is 0. The van der Waals surface area contributed by atoms with Gasteiger partial charge in [0.2, 0.25) is 5.69 Å². The van der Waals surface area contributed by atoms with Gasteiger partial charge in [0.25, 0.3) is 0 Å². The molecule has 45 valence electrons. The molecule has 8 heavy (non-hydrogen) atoms. The molecule has 0 aliphatic rings. The standard InChI is InChI=1S/C2H7O2PS2.Na/c1-3-5(6,7)4-2;/h1-2H3,(H,6,7);. The second-order valence-electron chi connectivity index (χ2n) is 0.834. The van der Waals surface area contributed by atoms with E-state index in [-0.39, 0.29) is 29.6 Å². The van der Waals surface area contributed by atoms with Crippen LogP contribution in [0.4, 0.5) is 0 Å². The molecule has 0 aromatic rings. The third-order valence-electron chi connectivity index (χ3n) is 0.461. The molecule has 0 aliphatic heterocycles. The largest absolute Gasteiger partial charge is 0.325 e. The van der Waals surface area contributed by atoms with Crippen molar-refractivity contribution in [2.24, 2.45) is 0 Å². The first-order valence-corrected chi connectivity index (χ1v) is 5.36. The fourth-order valence-corrected chi connectivity index (χ4v) is 0.224. The van der Waals surface area contributed by atoms with E-state index < -0.39 is 5.69 Å². The molecule has 0 atom stereocenters. The van der Waals surface area contributed by atoms with Crippen LogP contribution in [0.5, 0.6) is 0 Å². The predicted molar refractivity (Wildman–Crippen MR) is 43.0 cm³/mol. The molecule has 0 saturated carbocycles. The quantitative estimate of drug-likeness (QED) is 0.390. The summed E-state index contributed by atoms with van der Waals surface area (Å²) in [5.74, 6) is 0. The van der Waals surface area contributed by atoms with Crippen LogP contribution in [0.1, 0.15) is 0 Å². The number of hydrogen-bond donors (Lipinski definition) is 1. The van der Waals surface area contributed by atoms with Crippen molar-refractivity contribution in [1.29, 1.82) is 0 Å². The first kappa shape index (κ1) is 12.6. The Bertz CT molecular complexity index is 90.0. The van der Waals surface area contributed by atoms with Crippen molar-refractivity contribution in [3.8, 4) is 0 Å². The molecule has 0 saturated heterocycles. The van der Waals surface area contributed by atoms with Crippen LogP contribution in [0, 0.1) is 0 Å². The van der Waals surface area contributed by atoms with E-state index in [0.29, 0.717) is 0 Å². The number of hydrogen-bond acceptors (Lipinski definition) is 3. The van der Waals surface area contributed by atoms with Crippen LogP contribution >= 0.6 is 17.9 Å². The van der Waals surface area contributed by atoms with Crippen LogP contribution < -0.4 is 0 Å². The van der Waals surface area contributed by atoms with Crippen molar-refractivity contribution in [3.63, 3.8) is 0 Å². The van der Waals surface area contributed by atoms with E-state index >= 15 is 0 Å². The molecular weight excluding hydrogens is 174 g/mol. The van der Waals surface area contributed by atoms with Gasteiger partial charge in [-0.05, 0) is 11.8 Å². The van der Waals surface area contributed by atoms with Gasteiger partial charge in [-0.25, -0.2) is 0 Å². The number of rotatable bonds is 2. The van der Waals surface area contributed by atoms with E-state index in [2.05, 4.69) is 33.1 Å². The summed E-state index contributed by atoms with van der Waals surface area (Å²) in [6.45, 7) is 0. The molecule has 2 nitrogen and oxygen atoms in total. The van der Waals surface area contributed by atoms with Crippen LogP contribution in [-0.2, 0) is 20.9 Å². The van der Waals surface area contributed by atoms with E-state index in [4.69, 9.17) is 0 Å². The Balaban J connectivity index is 0. The molecule has 0 unspecified atom stereocenters. The summed E-state index contributed by atoms with van der Waals surface area (Å²) in [6, 6.07) is 0.